The Balaban J connectivity index is 1.98. The van der Waals surface area contributed by atoms with Crippen LogP contribution in [-0.2, 0) is 4.79 Å². The molecule has 4 heteroatoms. The summed E-state index contributed by atoms with van der Waals surface area (Å²) < 4.78 is 5.80. The van der Waals surface area contributed by atoms with Crippen molar-refractivity contribution in [2.45, 2.75) is 52.7 Å². The molecule has 2 atom stereocenters. The summed E-state index contributed by atoms with van der Waals surface area (Å²) in [6, 6.07) is 9.69. The highest BCUT2D eigenvalue weighted by molar-refractivity contribution is 5.81. The number of aromatic nitrogens is 1. The fraction of sp³-hybridized carbons (Fsp3) is 0.400. The Morgan fingerprint density at radius 3 is 2.33 bits per heavy atom. The third kappa shape index (κ3) is 4.57. The topological polar surface area (TPSA) is 51.2 Å². The smallest absolute Gasteiger partial charge is 0.261 e. The van der Waals surface area contributed by atoms with Crippen LogP contribution in [0.25, 0.3) is 0 Å². The summed E-state index contributed by atoms with van der Waals surface area (Å²) in [7, 11) is 0. The molecule has 24 heavy (non-hydrogen) atoms. The molecule has 0 aliphatic rings. The molecule has 0 unspecified atom stereocenters. The number of aryl methyl sites for hydroxylation is 1. The van der Waals surface area contributed by atoms with Crippen LogP contribution < -0.4 is 10.1 Å². The van der Waals surface area contributed by atoms with Crippen molar-refractivity contribution in [1.82, 2.24) is 10.3 Å². The molecule has 1 aromatic carbocycles. The average molecular weight is 326 g/mol. The fourth-order valence-electron chi connectivity index (χ4n) is 2.69. The monoisotopic (exact) mass is 326 g/mol. The Hall–Kier alpha value is -2.36. The van der Waals surface area contributed by atoms with Gasteiger partial charge in [0, 0.05) is 12.4 Å². The summed E-state index contributed by atoms with van der Waals surface area (Å²) in [6.07, 6.45) is 2.88. The van der Waals surface area contributed by atoms with Gasteiger partial charge in [-0.3, -0.25) is 9.78 Å². The maximum absolute atomic E-state index is 12.3. The number of hydrogen-bond acceptors (Lipinski definition) is 3. The number of hydrogen-bond donors (Lipinski definition) is 1. The molecule has 1 heterocycles. The first-order valence-corrected chi connectivity index (χ1v) is 8.36. The van der Waals surface area contributed by atoms with Crippen LogP contribution in [0.3, 0.4) is 0 Å². The van der Waals surface area contributed by atoms with E-state index in [-0.39, 0.29) is 11.9 Å². The largest absolute Gasteiger partial charge is 0.481 e. The Bertz CT molecular complexity index is 683. The standard InChI is InChI=1S/C20H26N2O2/c1-13(2)19-7-6-18(12-14(19)3)24-16(5)20(23)22-15(4)17-8-10-21-11-9-17/h6-13,15-16H,1-5H3,(H,22,23)/t15-,16+/m1/s1. The lowest BCUT2D eigenvalue weighted by atomic mass is 9.98. The maximum Gasteiger partial charge on any atom is 0.261 e. The van der Waals surface area contributed by atoms with E-state index >= 15 is 0 Å². The molecular weight excluding hydrogens is 300 g/mol. The van der Waals surface area contributed by atoms with Crippen molar-refractivity contribution in [3.05, 3.63) is 59.4 Å². The van der Waals surface area contributed by atoms with E-state index in [2.05, 4.69) is 37.1 Å². The fourth-order valence-corrected chi connectivity index (χ4v) is 2.69. The van der Waals surface area contributed by atoms with Gasteiger partial charge >= 0.3 is 0 Å². The van der Waals surface area contributed by atoms with Gasteiger partial charge in [0.15, 0.2) is 6.10 Å². The van der Waals surface area contributed by atoms with Gasteiger partial charge in [-0.2, -0.15) is 0 Å². The van der Waals surface area contributed by atoms with Gasteiger partial charge in [0.2, 0.25) is 0 Å². The van der Waals surface area contributed by atoms with E-state index in [1.165, 1.54) is 11.1 Å². The molecule has 128 valence electrons. The summed E-state index contributed by atoms with van der Waals surface area (Å²) in [4.78, 5) is 16.3. The van der Waals surface area contributed by atoms with Gasteiger partial charge in [-0.1, -0.05) is 19.9 Å². The second-order valence-electron chi connectivity index (χ2n) is 6.44. The number of nitrogens with one attached hydrogen (secondary N) is 1. The van der Waals surface area contributed by atoms with Gasteiger partial charge in [-0.05, 0) is 67.6 Å². The van der Waals surface area contributed by atoms with Crippen LogP contribution in [0.2, 0.25) is 0 Å². The summed E-state index contributed by atoms with van der Waals surface area (Å²) in [5, 5.41) is 2.97. The van der Waals surface area contributed by atoms with Crippen molar-refractivity contribution in [1.29, 1.82) is 0 Å². The Morgan fingerprint density at radius 1 is 1.08 bits per heavy atom. The minimum absolute atomic E-state index is 0.0865. The van der Waals surface area contributed by atoms with Gasteiger partial charge in [-0.15, -0.1) is 0 Å². The lowest BCUT2D eigenvalue weighted by Crippen LogP contribution is -2.37. The normalized spacial score (nSPS) is 13.4. The number of benzene rings is 1. The zero-order chi connectivity index (χ0) is 17.7. The van der Waals surface area contributed by atoms with Crippen molar-refractivity contribution < 1.29 is 9.53 Å². The molecule has 0 fully saturated rings. The van der Waals surface area contributed by atoms with E-state index in [1.807, 2.05) is 31.2 Å². The van der Waals surface area contributed by atoms with Gasteiger partial charge in [0.05, 0.1) is 6.04 Å². The molecule has 0 bridgehead atoms. The van der Waals surface area contributed by atoms with Gasteiger partial charge < -0.3 is 10.1 Å². The lowest BCUT2D eigenvalue weighted by molar-refractivity contribution is -0.127. The molecule has 0 saturated carbocycles. The molecule has 1 amide bonds. The number of carbonyl (C=O) groups is 1. The highest BCUT2D eigenvalue weighted by atomic mass is 16.5. The molecule has 2 aromatic rings. The van der Waals surface area contributed by atoms with E-state index < -0.39 is 6.10 Å². The summed E-state index contributed by atoms with van der Waals surface area (Å²) in [6.45, 7) is 10.1. The van der Waals surface area contributed by atoms with Crippen LogP contribution in [0, 0.1) is 6.92 Å². The Morgan fingerprint density at radius 2 is 1.75 bits per heavy atom. The predicted octanol–water partition coefficient (Wildman–Crippen LogP) is 4.16. The first-order chi connectivity index (χ1) is 11.4. The Kier molecular flexibility index (Phi) is 5.96. The number of rotatable bonds is 6. The number of amides is 1. The molecule has 4 nitrogen and oxygen atoms in total. The van der Waals surface area contributed by atoms with E-state index in [9.17, 15) is 4.79 Å². The lowest BCUT2D eigenvalue weighted by Gasteiger charge is -2.20. The summed E-state index contributed by atoms with van der Waals surface area (Å²) in [5.41, 5.74) is 3.49. The minimum Gasteiger partial charge on any atom is -0.481 e. The zero-order valence-electron chi connectivity index (χ0n) is 15.0. The molecule has 0 spiro atoms. The van der Waals surface area contributed by atoms with Crippen LogP contribution in [0.5, 0.6) is 5.75 Å². The van der Waals surface area contributed by atoms with E-state index in [1.54, 1.807) is 19.3 Å². The van der Waals surface area contributed by atoms with Gasteiger partial charge in [0.25, 0.3) is 5.91 Å². The number of pyridine rings is 1. The van der Waals surface area contributed by atoms with Crippen LogP contribution in [0.15, 0.2) is 42.7 Å². The van der Waals surface area contributed by atoms with E-state index in [0.717, 1.165) is 11.3 Å². The van der Waals surface area contributed by atoms with Crippen molar-refractivity contribution in [3.63, 3.8) is 0 Å². The first-order valence-electron chi connectivity index (χ1n) is 8.36. The van der Waals surface area contributed by atoms with Crippen LogP contribution in [-0.4, -0.2) is 17.0 Å². The second-order valence-corrected chi connectivity index (χ2v) is 6.44. The van der Waals surface area contributed by atoms with Gasteiger partial charge in [0.1, 0.15) is 5.75 Å². The van der Waals surface area contributed by atoms with Crippen LogP contribution in [0.1, 0.15) is 56.3 Å². The van der Waals surface area contributed by atoms with E-state index in [0.29, 0.717) is 5.92 Å². The Labute approximate surface area is 144 Å². The quantitative estimate of drug-likeness (QED) is 0.867. The SMILES string of the molecule is Cc1cc(O[C@@H](C)C(=O)N[C@H](C)c2ccncc2)ccc1C(C)C. The summed E-state index contributed by atoms with van der Waals surface area (Å²) >= 11 is 0. The molecule has 0 radical (unpaired) electrons. The predicted molar refractivity (Wildman–Crippen MR) is 96.2 cm³/mol. The molecule has 1 aromatic heterocycles. The third-order valence-corrected chi connectivity index (χ3v) is 4.11. The number of carbonyl (C=O) groups excluding carboxylic acids is 1. The van der Waals surface area contributed by atoms with Gasteiger partial charge in [-0.25, -0.2) is 0 Å². The third-order valence-electron chi connectivity index (χ3n) is 4.11. The molecule has 2 rings (SSSR count). The summed E-state index contributed by atoms with van der Waals surface area (Å²) in [5.74, 6) is 1.06. The molecular formula is C20H26N2O2. The van der Waals surface area contributed by atoms with Crippen molar-refractivity contribution in [2.75, 3.05) is 0 Å². The minimum atomic E-state index is -0.557. The highest BCUT2D eigenvalue weighted by Gasteiger charge is 2.18. The molecule has 1 N–H and O–H groups in total. The van der Waals surface area contributed by atoms with Crippen molar-refractivity contribution in [3.8, 4) is 5.75 Å². The number of ether oxygens (including phenoxy) is 1. The van der Waals surface area contributed by atoms with Crippen molar-refractivity contribution in [2.24, 2.45) is 0 Å². The van der Waals surface area contributed by atoms with Crippen LogP contribution >= 0.6 is 0 Å². The average Bonchev–Trinajstić information content (AvgIpc) is 2.55. The first kappa shape index (κ1) is 18.0. The molecule has 0 aliphatic carbocycles. The molecule has 0 saturated heterocycles. The maximum atomic E-state index is 12.3. The molecule has 0 aliphatic heterocycles. The highest BCUT2D eigenvalue weighted by Crippen LogP contribution is 2.24. The zero-order valence-corrected chi connectivity index (χ0v) is 15.0. The van der Waals surface area contributed by atoms with E-state index in [4.69, 9.17) is 4.74 Å². The number of nitrogens with zero attached hydrogens (tertiary/aromatic N) is 1. The second kappa shape index (κ2) is 7.95. The van der Waals surface area contributed by atoms with Crippen molar-refractivity contribution >= 4 is 5.91 Å². The van der Waals surface area contributed by atoms with Crippen LogP contribution in [0.4, 0.5) is 0 Å².